The van der Waals surface area contributed by atoms with Gasteiger partial charge in [0.25, 0.3) is 0 Å². The molecule has 0 amide bonds. The van der Waals surface area contributed by atoms with Crippen LogP contribution in [0, 0.1) is 0 Å². The summed E-state index contributed by atoms with van der Waals surface area (Å²) in [6.07, 6.45) is 20.4. The van der Waals surface area contributed by atoms with E-state index >= 15 is 0 Å². The largest absolute Gasteiger partial charge is 0.382 e. The second kappa shape index (κ2) is 18.2. The number of nitrogen functional groups attached to an aromatic ring is 1. The molecular weight excluding hydrogens is 734 g/mol. The first-order valence-corrected chi connectivity index (χ1v) is 19.7. The number of nitrogens with zero attached hydrogens (tertiary/aromatic N) is 12. The van der Waals surface area contributed by atoms with Crippen molar-refractivity contribution in [2.75, 3.05) is 31.9 Å². The number of pyridine rings is 4. The van der Waals surface area contributed by atoms with E-state index in [9.17, 15) is 0 Å². The molecule has 10 heterocycles. The zero-order chi connectivity index (χ0) is 38.8. The van der Waals surface area contributed by atoms with Crippen molar-refractivity contribution < 1.29 is 0 Å². The van der Waals surface area contributed by atoms with E-state index < -0.39 is 0 Å². The van der Waals surface area contributed by atoms with E-state index in [0.29, 0.717) is 17.4 Å². The lowest BCUT2D eigenvalue weighted by Crippen LogP contribution is -2.18. The first-order chi connectivity index (χ1) is 28.0. The van der Waals surface area contributed by atoms with Gasteiger partial charge in [-0.2, -0.15) is 10.2 Å². The van der Waals surface area contributed by atoms with Crippen molar-refractivity contribution in [1.29, 1.82) is 0 Å². The Balaban J connectivity index is 0.000000132. The van der Waals surface area contributed by atoms with Crippen molar-refractivity contribution in [2.45, 2.75) is 45.2 Å². The quantitative estimate of drug-likeness (QED) is 0.158. The highest BCUT2D eigenvalue weighted by Gasteiger charge is 2.14. The Labute approximate surface area is 336 Å². The lowest BCUT2D eigenvalue weighted by atomic mass is 10.1. The van der Waals surface area contributed by atoms with Gasteiger partial charge < -0.3 is 5.73 Å². The topological polar surface area (TPSA) is 144 Å². The summed E-state index contributed by atoms with van der Waals surface area (Å²) < 4.78 is 3.52. The zero-order valence-electron chi connectivity index (χ0n) is 31.6. The molecule has 2 N–H and O–H groups in total. The molecule has 2 aliphatic rings. The van der Waals surface area contributed by atoms with Gasteiger partial charge in [0.2, 0.25) is 0 Å². The first-order valence-electron chi connectivity index (χ1n) is 19.3. The number of rotatable bonds is 8. The number of nitrogens with two attached hydrogens (primary N) is 1. The third kappa shape index (κ3) is 10.2. The minimum absolute atomic E-state index is 0.472. The number of aromatic nitrogens is 10. The van der Waals surface area contributed by atoms with Gasteiger partial charge in [-0.3, -0.25) is 24.8 Å². The van der Waals surface area contributed by atoms with Gasteiger partial charge in [0.1, 0.15) is 11.0 Å². The molecule has 8 aromatic rings. The zero-order valence-corrected chi connectivity index (χ0v) is 32.4. The van der Waals surface area contributed by atoms with E-state index in [-0.39, 0.29) is 0 Å². The molecule has 0 saturated carbocycles. The van der Waals surface area contributed by atoms with Crippen molar-refractivity contribution >= 4 is 28.7 Å². The van der Waals surface area contributed by atoms with Gasteiger partial charge >= 0.3 is 0 Å². The Morgan fingerprint density at radius 1 is 0.544 bits per heavy atom. The van der Waals surface area contributed by atoms with Crippen LogP contribution in [0.25, 0.3) is 33.8 Å². The third-order valence-corrected chi connectivity index (χ3v) is 10.1. The van der Waals surface area contributed by atoms with Gasteiger partial charge in [-0.25, -0.2) is 24.0 Å². The number of hydrogen-bond donors (Lipinski definition) is 1. The van der Waals surface area contributed by atoms with E-state index in [0.717, 1.165) is 58.3 Å². The van der Waals surface area contributed by atoms with Gasteiger partial charge in [0.05, 0.1) is 29.5 Å². The molecule has 0 bridgehead atoms. The molecule has 0 unspecified atom stereocenters. The fourth-order valence-electron chi connectivity index (χ4n) is 7.12. The molecular formula is C43H44ClN13. The normalized spacial score (nSPS) is 14.3. The molecule has 8 aromatic heterocycles. The molecule has 10 rings (SSSR count). The van der Waals surface area contributed by atoms with Gasteiger partial charge in [0.15, 0.2) is 11.3 Å². The lowest BCUT2D eigenvalue weighted by molar-refractivity contribution is 0.331. The van der Waals surface area contributed by atoms with Crippen molar-refractivity contribution in [3.63, 3.8) is 0 Å². The standard InChI is InChI=1S/C22H22N6.C11H9N5.C10H13ClN2/c1-2-12-27(11-1)15-17-5-10-24-19(13-17)14-20-16-28-22(25-20)4-3-21(26-28)18-6-8-23-9-7-18;12-10-7-16-11(14-10)2-1-9(15-16)8-3-5-13-6-4-8;11-10-7-9(3-4-12-10)8-13-5-1-2-6-13/h3-10,13,16H,1-2,11-12,14-15H2;1-7H,12H2;3-4,7H,1-2,5-6,8H2. The van der Waals surface area contributed by atoms with Gasteiger partial charge in [0, 0.05) is 73.5 Å². The fraction of sp³-hybridized carbons (Fsp3) is 0.256. The lowest BCUT2D eigenvalue weighted by Gasteiger charge is -2.14. The molecule has 0 aromatic carbocycles. The monoisotopic (exact) mass is 777 g/mol. The number of anilines is 1. The van der Waals surface area contributed by atoms with Crippen molar-refractivity contribution in [2.24, 2.45) is 0 Å². The first kappa shape index (κ1) is 37.8. The van der Waals surface area contributed by atoms with Crippen LogP contribution in [0.3, 0.4) is 0 Å². The van der Waals surface area contributed by atoms with Gasteiger partial charge in [-0.05, 0) is 136 Å². The molecule has 0 spiro atoms. The smallest absolute Gasteiger partial charge is 0.156 e. The molecule has 2 aliphatic heterocycles. The van der Waals surface area contributed by atoms with Crippen LogP contribution < -0.4 is 5.73 Å². The highest BCUT2D eigenvalue weighted by atomic mass is 35.5. The average Bonchev–Trinajstić information content (AvgIpc) is 4.07. The second-order valence-corrected chi connectivity index (χ2v) is 14.6. The summed E-state index contributed by atoms with van der Waals surface area (Å²) in [4.78, 5) is 30.3. The number of imidazole rings is 2. The maximum Gasteiger partial charge on any atom is 0.156 e. The van der Waals surface area contributed by atoms with Crippen LogP contribution >= 0.6 is 11.6 Å². The molecule has 2 fully saturated rings. The second-order valence-electron chi connectivity index (χ2n) is 14.2. The van der Waals surface area contributed by atoms with Crippen molar-refractivity contribution in [1.82, 2.24) is 58.9 Å². The highest BCUT2D eigenvalue weighted by molar-refractivity contribution is 6.29. The van der Waals surface area contributed by atoms with E-state index in [1.54, 1.807) is 41.7 Å². The summed E-state index contributed by atoms with van der Waals surface area (Å²) in [7, 11) is 0. The molecule has 2 saturated heterocycles. The van der Waals surface area contributed by atoms with E-state index in [1.165, 1.54) is 63.0 Å². The third-order valence-electron chi connectivity index (χ3n) is 9.90. The van der Waals surface area contributed by atoms with Crippen LogP contribution in [0.15, 0.2) is 122 Å². The Bertz CT molecular complexity index is 2510. The molecule has 57 heavy (non-hydrogen) atoms. The molecule has 0 radical (unpaired) electrons. The van der Waals surface area contributed by atoms with Crippen LogP contribution in [0.2, 0.25) is 5.15 Å². The maximum atomic E-state index is 5.80. The molecule has 288 valence electrons. The van der Waals surface area contributed by atoms with Gasteiger partial charge in [-0.1, -0.05) is 11.6 Å². The number of hydrogen-bond acceptors (Lipinski definition) is 11. The van der Waals surface area contributed by atoms with Crippen LogP contribution in [0.4, 0.5) is 5.82 Å². The Morgan fingerprint density at radius 2 is 1.07 bits per heavy atom. The van der Waals surface area contributed by atoms with Crippen LogP contribution in [0.1, 0.15) is 48.2 Å². The van der Waals surface area contributed by atoms with E-state index in [2.05, 4.69) is 52.0 Å². The number of fused-ring (bicyclic) bond motifs is 2. The summed E-state index contributed by atoms with van der Waals surface area (Å²) in [6, 6.07) is 23.8. The Kier molecular flexibility index (Phi) is 12.1. The molecule has 13 nitrogen and oxygen atoms in total. The summed E-state index contributed by atoms with van der Waals surface area (Å²) in [5.41, 5.74) is 15.6. The molecule has 14 heteroatoms. The van der Waals surface area contributed by atoms with Crippen LogP contribution in [-0.2, 0) is 19.5 Å². The minimum Gasteiger partial charge on any atom is -0.382 e. The van der Waals surface area contributed by atoms with Crippen LogP contribution in [0.5, 0.6) is 0 Å². The average molecular weight is 778 g/mol. The summed E-state index contributed by atoms with van der Waals surface area (Å²) >= 11 is 5.80. The van der Waals surface area contributed by atoms with Crippen LogP contribution in [-0.4, -0.2) is 85.1 Å². The summed E-state index contributed by atoms with van der Waals surface area (Å²) in [5.74, 6) is 0.472. The summed E-state index contributed by atoms with van der Waals surface area (Å²) in [5, 5.41) is 9.70. The van der Waals surface area contributed by atoms with E-state index in [1.807, 2.05) is 77.6 Å². The minimum atomic E-state index is 0.472. The maximum absolute atomic E-state index is 5.80. The highest BCUT2D eigenvalue weighted by Crippen LogP contribution is 2.20. The molecule has 0 aliphatic carbocycles. The number of likely N-dealkylation sites (tertiary alicyclic amines) is 2. The SMILES string of the molecule is Clc1cc(CN2CCCC2)ccn1.Nc1cn2nc(-c3ccncc3)ccc2n1.c1cc(-c2ccc3nc(Cc4cc(CN5CCCC5)ccn4)cn3n2)ccn1. The Morgan fingerprint density at radius 3 is 1.65 bits per heavy atom. The predicted molar refractivity (Wildman–Crippen MR) is 222 cm³/mol. The molecule has 0 atom stereocenters. The van der Waals surface area contributed by atoms with Gasteiger partial charge in [-0.15, -0.1) is 0 Å². The predicted octanol–water partition coefficient (Wildman–Crippen LogP) is 7.08. The van der Waals surface area contributed by atoms with Crippen molar-refractivity contribution in [3.8, 4) is 22.5 Å². The van der Waals surface area contributed by atoms with E-state index in [4.69, 9.17) is 27.4 Å². The summed E-state index contributed by atoms with van der Waals surface area (Å²) in [6.45, 7) is 6.88. The number of halogens is 1. The van der Waals surface area contributed by atoms with Crippen molar-refractivity contribution in [3.05, 3.63) is 150 Å². The Hall–Kier alpha value is -6.15. The fourth-order valence-corrected chi connectivity index (χ4v) is 7.31.